The average molecular weight is 737 g/mol. The third-order valence-corrected chi connectivity index (χ3v) is 9.10. The molecule has 2 saturated heterocycles. The van der Waals surface area contributed by atoms with E-state index >= 15 is 0 Å². The summed E-state index contributed by atoms with van der Waals surface area (Å²) >= 11 is 0. The van der Waals surface area contributed by atoms with Crippen molar-refractivity contribution in [2.24, 2.45) is 5.41 Å². The number of hydrogen-bond acceptors (Lipinski definition) is 9. The maximum absolute atomic E-state index is 14.5. The van der Waals surface area contributed by atoms with Crippen LogP contribution in [0, 0.1) is 5.41 Å². The second-order valence-corrected chi connectivity index (χ2v) is 15.3. The third kappa shape index (κ3) is 10.8. The van der Waals surface area contributed by atoms with Crippen LogP contribution in [0.3, 0.4) is 0 Å². The van der Waals surface area contributed by atoms with Gasteiger partial charge in [-0.1, -0.05) is 69.3 Å². The van der Waals surface area contributed by atoms with Gasteiger partial charge in [-0.05, 0) is 57.2 Å². The zero-order valence-electron chi connectivity index (χ0n) is 31.7. The minimum absolute atomic E-state index is 0.0299. The summed E-state index contributed by atoms with van der Waals surface area (Å²) in [5, 5.41) is 8.02. The predicted octanol–water partition coefficient (Wildman–Crippen LogP) is 4.13. The van der Waals surface area contributed by atoms with Crippen molar-refractivity contribution in [2.45, 2.75) is 97.4 Å². The number of rotatable bonds is 10. The molecule has 0 unspecified atom stereocenters. The van der Waals surface area contributed by atoms with Crippen molar-refractivity contribution in [1.82, 2.24) is 25.3 Å². The number of alkyl carbamates (subject to hydrolysis) is 1. The minimum Gasteiger partial charge on any atom is -0.445 e. The number of amides is 6. The molecule has 2 fully saturated rings. The van der Waals surface area contributed by atoms with Gasteiger partial charge < -0.3 is 34.6 Å². The fraction of sp³-hybridized carbons (Fsp3) is 0.526. The molecule has 3 N–H and O–H groups in total. The van der Waals surface area contributed by atoms with Crippen LogP contribution in [-0.2, 0) is 35.2 Å². The van der Waals surface area contributed by atoms with E-state index in [0.29, 0.717) is 12.1 Å². The Balaban J connectivity index is 1.50. The summed E-state index contributed by atoms with van der Waals surface area (Å²) in [6, 6.07) is 14.5. The van der Waals surface area contributed by atoms with Crippen molar-refractivity contribution < 1.29 is 43.0 Å². The molecule has 0 aromatic heterocycles. The molecule has 288 valence electrons. The maximum Gasteiger partial charge on any atom is 0.412 e. The van der Waals surface area contributed by atoms with Crippen LogP contribution in [-0.4, -0.2) is 113 Å². The van der Waals surface area contributed by atoms with Gasteiger partial charge in [-0.3, -0.25) is 24.6 Å². The van der Waals surface area contributed by atoms with Gasteiger partial charge >= 0.3 is 18.3 Å². The lowest BCUT2D eigenvalue weighted by atomic mass is 9.85. The highest BCUT2D eigenvalue weighted by Gasteiger charge is 2.55. The van der Waals surface area contributed by atoms with Crippen LogP contribution in [0.5, 0.6) is 0 Å². The molecule has 2 aromatic carbocycles. The lowest BCUT2D eigenvalue weighted by Crippen LogP contribution is -2.60. The number of hydrogen-bond donors (Lipinski definition) is 3. The Morgan fingerprint density at radius 1 is 0.887 bits per heavy atom. The van der Waals surface area contributed by atoms with Crippen molar-refractivity contribution in [3.8, 4) is 0 Å². The minimum atomic E-state index is -1.05. The van der Waals surface area contributed by atoms with E-state index < -0.39 is 77.3 Å². The summed E-state index contributed by atoms with van der Waals surface area (Å²) in [6.45, 7) is 11.9. The fourth-order valence-corrected chi connectivity index (χ4v) is 6.28. The molecule has 6 amide bonds. The van der Waals surface area contributed by atoms with Crippen LogP contribution < -0.4 is 16.0 Å². The zero-order chi connectivity index (χ0) is 39.1. The Morgan fingerprint density at radius 2 is 1.51 bits per heavy atom. The van der Waals surface area contributed by atoms with E-state index in [1.165, 1.54) is 18.9 Å². The van der Waals surface area contributed by atoms with Crippen LogP contribution in [0.15, 0.2) is 60.7 Å². The second-order valence-electron chi connectivity index (χ2n) is 15.3. The molecule has 0 radical (unpaired) electrons. The van der Waals surface area contributed by atoms with E-state index in [4.69, 9.17) is 14.2 Å². The predicted molar refractivity (Wildman–Crippen MR) is 195 cm³/mol. The highest BCUT2D eigenvalue weighted by atomic mass is 16.6. The number of ether oxygens (including phenoxy) is 3. The number of likely N-dealkylation sites (N-methyl/N-ethyl adjacent to an activating group) is 1. The van der Waals surface area contributed by atoms with E-state index in [0.717, 1.165) is 10.5 Å². The first-order chi connectivity index (χ1) is 24.9. The molecule has 2 aliphatic heterocycles. The van der Waals surface area contributed by atoms with Gasteiger partial charge in [-0.15, -0.1) is 0 Å². The largest absolute Gasteiger partial charge is 0.445 e. The monoisotopic (exact) mass is 736 g/mol. The van der Waals surface area contributed by atoms with Gasteiger partial charge in [-0.25, -0.2) is 14.4 Å². The van der Waals surface area contributed by atoms with Gasteiger partial charge in [0.05, 0.1) is 18.6 Å². The Morgan fingerprint density at radius 3 is 2.11 bits per heavy atom. The van der Waals surface area contributed by atoms with E-state index in [2.05, 4.69) is 16.0 Å². The van der Waals surface area contributed by atoms with E-state index in [-0.39, 0.29) is 26.2 Å². The Bertz CT molecular complexity index is 1630. The molecular formula is C38H52N6O9. The summed E-state index contributed by atoms with van der Waals surface area (Å²) in [5.41, 5.74) is -0.260. The number of carbonyl (C=O) groups is 6. The summed E-state index contributed by atoms with van der Waals surface area (Å²) in [5.74, 6) is -1.44. The van der Waals surface area contributed by atoms with Crippen LogP contribution in [0.25, 0.3) is 0 Å². The molecule has 0 bridgehead atoms. The second kappa shape index (κ2) is 17.0. The standard InChI is InChI=1S/C38H52N6O9/c1-24(42(8)36(50)51-23-25-15-11-9-12-16-25)32(46)41-31(37(2,3)4)33(47)43-20-19-27-30(43)28(52-35(49)40-26-17-13-10-14-18-26)22-44(27)29(45)21-39-34(48)53-38(5,6)7/h9-18,24,27-28,30-31H,19-23H2,1-8H3,(H,39,48)(H,40,49)(H,41,46)/t24-,27+,28-,30-,31+/m0/s1. The van der Waals surface area contributed by atoms with Crippen molar-refractivity contribution >= 4 is 41.7 Å². The number of benzene rings is 2. The first-order valence-electron chi connectivity index (χ1n) is 17.7. The Kier molecular flexibility index (Phi) is 13.0. The molecule has 2 aliphatic rings. The number of nitrogens with zero attached hydrogens (tertiary/aromatic N) is 3. The number of para-hydroxylation sites is 1. The summed E-state index contributed by atoms with van der Waals surface area (Å²) in [7, 11) is 1.45. The van der Waals surface area contributed by atoms with Gasteiger partial charge in [0, 0.05) is 19.3 Å². The van der Waals surface area contributed by atoms with Gasteiger partial charge in [0.2, 0.25) is 17.7 Å². The molecule has 2 aromatic rings. The van der Waals surface area contributed by atoms with Crippen LogP contribution in [0.2, 0.25) is 0 Å². The number of likely N-dealkylation sites (tertiary alicyclic amines) is 2. The van der Waals surface area contributed by atoms with Gasteiger partial charge in [-0.2, -0.15) is 0 Å². The molecule has 0 saturated carbocycles. The maximum atomic E-state index is 14.5. The molecule has 15 heteroatoms. The van der Waals surface area contributed by atoms with Gasteiger partial charge in [0.15, 0.2) is 0 Å². The number of carbonyl (C=O) groups excluding carboxylic acids is 6. The van der Waals surface area contributed by atoms with Gasteiger partial charge in [0.25, 0.3) is 0 Å². The smallest absolute Gasteiger partial charge is 0.412 e. The van der Waals surface area contributed by atoms with Crippen LogP contribution in [0.4, 0.5) is 20.1 Å². The summed E-state index contributed by atoms with van der Waals surface area (Å²) in [4.78, 5) is 84.1. The molecule has 0 spiro atoms. The molecule has 15 nitrogen and oxygen atoms in total. The normalized spacial score (nSPS) is 19.3. The average Bonchev–Trinajstić information content (AvgIpc) is 3.68. The fourth-order valence-electron chi connectivity index (χ4n) is 6.28. The van der Waals surface area contributed by atoms with E-state index in [1.54, 1.807) is 76.8 Å². The van der Waals surface area contributed by atoms with Crippen molar-refractivity contribution in [2.75, 3.05) is 32.0 Å². The van der Waals surface area contributed by atoms with Crippen LogP contribution >= 0.6 is 0 Å². The highest BCUT2D eigenvalue weighted by molar-refractivity contribution is 5.92. The lowest BCUT2D eigenvalue weighted by molar-refractivity contribution is -0.142. The molecule has 4 rings (SSSR count). The zero-order valence-corrected chi connectivity index (χ0v) is 31.7. The number of fused-ring (bicyclic) bond motifs is 1. The quantitative estimate of drug-likeness (QED) is 0.303. The Hall–Kier alpha value is -5.34. The van der Waals surface area contributed by atoms with Gasteiger partial charge in [0.1, 0.15) is 36.9 Å². The topological polar surface area (TPSA) is 176 Å². The van der Waals surface area contributed by atoms with E-state index in [1.807, 2.05) is 30.3 Å². The van der Waals surface area contributed by atoms with E-state index in [9.17, 15) is 28.8 Å². The lowest BCUT2D eigenvalue weighted by Gasteiger charge is -2.37. The van der Waals surface area contributed by atoms with Crippen molar-refractivity contribution in [3.05, 3.63) is 66.2 Å². The number of anilines is 1. The highest BCUT2D eigenvalue weighted by Crippen LogP contribution is 2.36. The SMILES string of the molecule is C[C@@H](C(=O)N[C@H](C(=O)N1CC[C@@H]2[C@H]1[C@@H](OC(=O)Nc1ccccc1)CN2C(=O)CNC(=O)OC(C)(C)C)C(C)(C)C)N(C)C(=O)OCc1ccccc1. The molecule has 53 heavy (non-hydrogen) atoms. The molecule has 5 atom stereocenters. The summed E-state index contributed by atoms with van der Waals surface area (Å²) in [6.07, 6.45) is -2.79. The Labute approximate surface area is 310 Å². The molecule has 0 aliphatic carbocycles. The first kappa shape index (κ1) is 40.4. The van der Waals surface area contributed by atoms with Crippen molar-refractivity contribution in [3.63, 3.8) is 0 Å². The van der Waals surface area contributed by atoms with Crippen molar-refractivity contribution in [1.29, 1.82) is 0 Å². The molecular weight excluding hydrogens is 684 g/mol. The molecule has 2 heterocycles. The first-order valence-corrected chi connectivity index (χ1v) is 17.7. The number of nitrogens with one attached hydrogen (secondary N) is 3. The van der Waals surface area contributed by atoms with Crippen LogP contribution in [0.1, 0.15) is 60.5 Å². The summed E-state index contributed by atoms with van der Waals surface area (Å²) < 4.78 is 16.5. The third-order valence-electron chi connectivity index (χ3n) is 9.10.